The van der Waals surface area contributed by atoms with Crippen LogP contribution in [0.3, 0.4) is 0 Å². The van der Waals surface area contributed by atoms with Gasteiger partial charge in [-0.1, -0.05) is 11.6 Å². The molecule has 5 rings (SSSR count). The molecule has 5 heterocycles. The maximum Gasteiger partial charge on any atom is 0.488 e. The van der Waals surface area contributed by atoms with E-state index in [0.717, 1.165) is 4.57 Å². The molecule has 2 radical (unpaired) electrons. The van der Waals surface area contributed by atoms with Crippen LogP contribution in [-0.2, 0) is 18.5 Å². The lowest BCUT2D eigenvalue weighted by atomic mass is 10.1. The molecule has 15 heteroatoms. The molecule has 0 spiro atoms. The Morgan fingerprint density at radius 1 is 1.38 bits per heavy atom. The van der Waals surface area contributed by atoms with Crippen LogP contribution in [0.5, 0.6) is 0 Å². The zero-order chi connectivity index (χ0) is 20.2. The van der Waals surface area contributed by atoms with E-state index >= 15 is 0 Å². The van der Waals surface area contributed by atoms with E-state index in [1.54, 1.807) is 4.57 Å². The van der Waals surface area contributed by atoms with Crippen molar-refractivity contribution in [2.24, 2.45) is 0 Å². The number of aromatic nitrogens is 6. The smallest absolute Gasteiger partial charge is 0.438 e. The summed E-state index contributed by atoms with van der Waals surface area (Å²) in [7, 11) is 2.08. The van der Waals surface area contributed by atoms with Gasteiger partial charge in [-0.25, -0.2) is 34.2 Å². The van der Waals surface area contributed by atoms with Gasteiger partial charge in [0, 0.05) is 12.4 Å². The van der Waals surface area contributed by atoms with E-state index in [1.807, 2.05) is 0 Å². The fourth-order valence-corrected chi connectivity index (χ4v) is 4.46. The first-order chi connectivity index (χ1) is 13.9. The van der Waals surface area contributed by atoms with E-state index in [9.17, 15) is 9.69 Å². The second-order valence-corrected chi connectivity index (χ2v) is 8.26. The van der Waals surface area contributed by atoms with Gasteiger partial charge < -0.3 is 9.47 Å². The van der Waals surface area contributed by atoms with Crippen LogP contribution in [0.1, 0.15) is 6.23 Å². The van der Waals surface area contributed by atoms with Crippen molar-refractivity contribution < 1.29 is 28.2 Å². The SMILES string of the molecule is [B][P+]1(O)OC[C@H]2O[C@@H](n3cnc4c(Cl)ncnc43)[C@@H](OC(=O)n3ccnc3)[C@H]2O1. The number of hydrogen-bond donors (Lipinski definition) is 1. The summed E-state index contributed by atoms with van der Waals surface area (Å²) in [6.07, 6.45) is 2.74. The molecule has 29 heavy (non-hydrogen) atoms. The minimum Gasteiger partial charge on any atom is -0.438 e. The molecule has 0 amide bonds. The third kappa shape index (κ3) is 3.29. The van der Waals surface area contributed by atoms with E-state index in [4.69, 9.17) is 37.7 Å². The van der Waals surface area contributed by atoms with E-state index in [-0.39, 0.29) is 11.8 Å². The molecule has 2 fully saturated rings. The van der Waals surface area contributed by atoms with Gasteiger partial charge in [0.25, 0.3) is 0 Å². The van der Waals surface area contributed by atoms with Gasteiger partial charge in [-0.2, -0.15) is 9.05 Å². The Balaban J connectivity index is 1.53. The molecule has 3 aromatic rings. The highest BCUT2D eigenvalue weighted by Crippen LogP contribution is 2.59. The van der Waals surface area contributed by atoms with E-state index in [0.29, 0.717) is 11.2 Å². The quantitative estimate of drug-likeness (QED) is 0.349. The molecule has 1 N–H and O–H groups in total. The standard InChI is InChI=1S/C14H12BClN6O6P/c15-29(24)25-3-7-9(28-29)10(27-14(23)21-2-1-17-5-21)13(26-7)22-6-20-8-11(16)18-4-19-12(8)22/h1-2,4-7,9-10,13,24H,3H2/q+1/t7-,9+,10+,13-,29?/m1/s1. The number of halogens is 1. The molecule has 2 aliphatic rings. The summed E-state index contributed by atoms with van der Waals surface area (Å²) in [6, 6.07) is 0. The molecule has 0 bridgehead atoms. The molecular formula is C14H12BClN6O6P+. The van der Waals surface area contributed by atoms with Gasteiger partial charge in [0.05, 0.1) is 6.33 Å². The Morgan fingerprint density at radius 3 is 3.03 bits per heavy atom. The summed E-state index contributed by atoms with van der Waals surface area (Å²) in [5, 5.41) is 0.165. The summed E-state index contributed by atoms with van der Waals surface area (Å²) >= 11 is 6.07. The summed E-state index contributed by atoms with van der Waals surface area (Å²) in [6.45, 7) is -0.0383. The molecule has 3 aromatic heterocycles. The third-order valence-electron chi connectivity index (χ3n) is 4.52. The Morgan fingerprint density at radius 2 is 2.24 bits per heavy atom. The molecule has 148 valence electrons. The molecular weight excluding hydrogens is 425 g/mol. The number of ether oxygens (including phenoxy) is 2. The lowest BCUT2D eigenvalue weighted by molar-refractivity contribution is -0.0606. The van der Waals surface area contributed by atoms with Crippen molar-refractivity contribution in [3.8, 4) is 0 Å². The van der Waals surface area contributed by atoms with Crippen LogP contribution in [0.25, 0.3) is 11.2 Å². The Kier molecular flexibility index (Phi) is 4.54. The van der Waals surface area contributed by atoms with Crippen molar-refractivity contribution >= 4 is 44.2 Å². The highest BCUT2D eigenvalue weighted by atomic mass is 35.5. The molecule has 2 saturated heterocycles. The average molecular weight is 438 g/mol. The van der Waals surface area contributed by atoms with Crippen LogP contribution < -0.4 is 0 Å². The number of carbonyl (C=O) groups is 1. The van der Waals surface area contributed by atoms with Crippen molar-refractivity contribution in [2.45, 2.75) is 24.5 Å². The first-order valence-electron chi connectivity index (χ1n) is 8.34. The number of fused-ring (bicyclic) bond motifs is 2. The van der Waals surface area contributed by atoms with Crippen molar-refractivity contribution in [1.29, 1.82) is 0 Å². The van der Waals surface area contributed by atoms with Crippen LogP contribution in [0.2, 0.25) is 5.15 Å². The fraction of sp³-hybridized carbons (Fsp3) is 0.357. The lowest BCUT2D eigenvalue weighted by Crippen LogP contribution is -2.43. The Bertz CT molecular complexity index is 1070. The topological polar surface area (TPSA) is 136 Å². The minimum absolute atomic E-state index is 0.0383. The number of nitrogens with zero attached hydrogens (tertiary/aromatic N) is 6. The van der Waals surface area contributed by atoms with Gasteiger partial charge in [0.15, 0.2) is 29.2 Å². The number of carbonyl (C=O) groups excluding carboxylic acids is 1. The van der Waals surface area contributed by atoms with Gasteiger partial charge in [-0.05, 0) is 0 Å². The Labute approximate surface area is 169 Å². The van der Waals surface area contributed by atoms with E-state index in [2.05, 4.69) is 19.9 Å². The molecule has 12 nitrogen and oxygen atoms in total. The summed E-state index contributed by atoms with van der Waals surface area (Å²) in [5.74, 6) is 0. The van der Waals surface area contributed by atoms with Gasteiger partial charge >= 0.3 is 21.5 Å². The average Bonchev–Trinajstić information content (AvgIpc) is 3.40. The maximum absolute atomic E-state index is 12.5. The molecule has 5 atom stereocenters. The Hall–Kier alpha value is -2.15. The van der Waals surface area contributed by atoms with Crippen LogP contribution in [-0.4, -0.2) is 72.5 Å². The van der Waals surface area contributed by atoms with Crippen LogP contribution in [0.15, 0.2) is 31.4 Å². The highest BCUT2D eigenvalue weighted by Gasteiger charge is 2.59. The predicted molar refractivity (Wildman–Crippen MR) is 97.9 cm³/mol. The molecule has 0 aromatic carbocycles. The summed E-state index contributed by atoms with van der Waals surface area (Å²) < 4.78 is 25.0. The maximum atomic E-state index is 12.5. The van der Waals surface area contributed by atoms with Gasteiger partial charge in [-0.15, -0.1) is 0 Å². The normalized spacial score (nSPS) is 31.7. The fourth-order valence-electron chi connectivity index (χ4n) is 3.26. The zero-order valence-corrected chi connectivity index (χ0v) is 16.1. The second-order valence-electron chi connectivity index (χ2n) is 6.30. The summed E-state index contributed by atoms with van der Waals surface area (Å²) in [5.41, 5.74) is 0.725. The lowest BCUT2D eigenvalue weighted by Gasteiger charge is -2.29. The number of hydrogen-bond acceptors (Lipinski definition) is 10. The van der Waals surface area contributed by atoms with Gasteiger partial charge in [0.2, 0.25) is 0 Å². The van der Waals surface area contributed by atoms with Gasteiger partial charge in [-0.3, -0.25) is 4.57 Å². The van der Waals surface area contributed by atoms with Crippen molar-refractivity contribution in [2.75, 3.05) is 6.61 Å². The largest absolute Gasteiger partial charge is 0.488 e. The molecule has 1 unspecified atom stereocenters. The number of imidazole rings is 2. The highest BCUT2D eigenvalue weighted by molar-refractivity contribution is 7.85. The van der Waals surface area contributed by atoms with Crippen molar-refractivity contribution in [1.82, 2.24) is 29.1 Å². The summed E-state index contributed by atoms with van der Waals surface area (Å²) in [4.78, 5) is 38.7. The van der Waals surface area contributed by atoms with Crippen LogP contribution >= 0.6 is 19.4 Å². The predicted octanol–water partition coefficient (Wildman–Crippen LogP) is 0.881. The monoisotopic (exact) mass is 437 g/mol. The van der Waals surface area contributed by atoms with Gasteiger partial charge in [0.1, 0.15) is 30.9 Å². The van der Waals surface area contributed by atoms with E-state index < -0.39 is 38.5 Å². The van der Waals surface area contributed by atoms with Crippen LogP contribution in [0, 0.1) is 0 Å². The first kappa shape index (κ1) is 18.9. The van der Waals surface area contributed by atoms with E-state index in [1.165, 1.54) is 31.4 Å². The number of rotatable bonds is 2. The van der Waals surface area contributed by atoms with Crippen LogP contribution in [0.4, 0.5) is 4.79 Å². The molecule has 0 aliphatic carbocycles. The van der Waals surface area contributed by atoms with Crippen molar-refractivity contribution in [3.05, 3.63) is 36.5 Å². The third-order valence-corrected chi connectivity index (χ3v) is 5.86. The van der Waals surface area contributed by atoms with Crippen molar-refractivity contribution in [3.63, 3.8) is 0 Å². The molecule has 0 saturated carbocycles. The molecule has 2 aliphatic heterocycles. The second kappa shape index (κ2) is 6.97. The zero-order valence-electron chi connectivity index (χ0n) is 14.5. The first-order valence-corrected chi connectivity index (χ1v) is 10.4. The minimum atomic E-state index is -3.57.